The van der Waals surface area contributed by atoms with Crippen LogP contribution < -0.4 is 14.9 Å². The van der Waals surface area contributed by atoms with Gasteiger partial charge in [0.2, 0.25) is 0 Å². The summed E-state index contributed by atoms with van der Waals surface area (Å²) < 4.78 is 12.8. The molecule has 0 radical (unpaired) electrons. The van der Waals surface area contributed by atoms with Gasteiger partial charge in [0.15, 0.2) is 11.0 Å². The second-order valence-electron chi connectivity index (χ2n) is 7.70. The van der Waals surface area contributed by atoms with Crippen molar-refractivity contribution in [3.05, 3.63) is 84.4 Å². The van der Waals surface area contributed by atoms with Crippen molar-refractivity contribution >= 4 is 23.9 Å². The van der Waals surface area contributed by atoms with Crippen LogP contribution in [0.2, 0.25) is 0 Å². The van der Waals surface area contributed by atoms with Crippen molar-refractivity contribution in [2.24, 2.45) is 5.10 Å². The summed E-state index contributed by atoms with van der Waals surface area (Å²) in [6.07, 6.45) is 2.55. The van der Waals surface area contributed by atoms with Crippen molar-refractivity contribution < 1.29 is 14.3 Å². The molecule has 0 aliphatic heterocycles. The van der Waals surface area contributed by atoms with E-state index >= 15 is 0 Å². The van der Waals surface area contributed by atoms with Gasteiger partial charge in [-0.25, -0.2) is 5.43 Å². The van der Waals surface area contributed by atoms with E-state index < -0.39 is 0 Å². The highest BCUT2D eigenvalue weighted by atomic mass is 32.2. The van der Waals surface area contributed by atoms with E-state index in [-0.39, 0.29) is 11.7 Å². The largest absolute Gasteiger partial charge is 0.497 e. The van der Waals surface area contributed by atoms with E-state index in [1.807, 2.05) is 83.4 Å². The maximum atomic E-state index is 12.4. The molecule has 8 nitrogen and oxygen atoms in total. The van der Waals surface area contributed by atoms with Crippen molar-refractivity contribution in [1.29, 1.82) is 0 Å². The Balaban J connectivity index is 1.43. The van der Waals surface area contributed by atoms with Crippen LogP contribution in [0.4, 0.5) is 0 Å². The Morgan fingerprint density at radius 3 is 2.42 bits per heavy atom. The van der Waals surface area contributed by atoms with E-state index in [0.717, 1.165) is 34.7 Å². The first-order chi connectivity index (χ1) is 17.7. The lowest BCUT2D eigenvalue weighted by Gasteiger charge is -2.11. The molecule has 9 heteroatoms. The smallest absolute Gasteiger partial charge is 0.250 e. The van der Waals surface area contributed by atoms with Crippen molar-refractivity contribution in [2.45, 2.75) is 18.5 Å². The fourth-order valence-electron chi connectivity index (χ4n) is 3.31. The van der Waals surface area contributed by atoms with Crippen LogP contribution in [0, 0.1) is 0 Å². The van der Waals surface area contributed by atoms with Gasteiger partial charge < -0.3 is 9.47 Å². The highest BCUT2D eigenvalue weighted by Gasteiger charge is 2.17. The Labute approximate surface area is 214 Å². The van der Waals surface area contributed by atoms with Crippen LogP contribution in [0.25, 0.3) is 17.1 Å². The number of amides is 1. The second kappa shape index (κ2) is 12.6. The van der Waals surface area contributed by atoms with Gasteiger partial charge in [0.05, 0.1) is 25.7 Å². The number of hydrazone groups is 1. The van der Waals surface area contributed by atoms with Crippen molar-refractivity contribution in [2.75, 3.05) is 19.5 Å². The molecular weight excluding hydrogens is 474 g/mol. The number of benzene rings is 3. The molecule has 0 unspecified atom stereocenters. The zero-order valence-electron chi connectivity index (χ0n) is 20.1. The fourth-order valence-corrected chi connectivity index (χ4v) is 4.06. The van der Waals surface area contributed by atoms with Gasteiger partial charge in [-0.15, -0.1) is 10.2 Å². The van der Waals surface area contributed by atoms with E-state index in [0.29, 0.717) is 17.6 Å². The third-order valence-corrected chi connectivity index (χ3v) is 6.01. The lowest BCUT2D eigenvalue weighted by Crippen LogP contribution is -2.20. The first-order valence-corrected chi connectivity index (χ1v) is 12.5. The zero-order valence-corrected chi connectivity index (χ0v) is 20.9. The molecule has 4 aromatic rings. The van der Waals surface area contributed by atoms with Gasteiger partial charge in [0.25, 0.3) is 5.91 Å². The first kappa shape index (κ1) is 25.0. The number of ether oxygens (including phenoxy) is 2. The number of methoxy groups -OCH3 is 1. The van der Waals surface area contributed by atoms with Gasteiger partial charge in [-0.2, -0.15) is 5.10 Å². The minimum Gasteiger partial charge on any atom is -0.497 e. The van der Waals surface area contributed by atoms with Crippen molar-refractivity contribution in [3.8, 4) is 28.6 Å². The first-order valence-electron chi connectivity index (χ1n) is 11.5. The summed E-state index contributed by atoms with van der Waals surface area (Å²) in [5, 5.41) is 13.4. The van der Waals surface area contributed by atoms with Crippen LogP contribution >= 0.6 is 11.8 Å². The Morgan fingerprint density at radius 2 is 1.72 bits per heavy atom. The topological polar surface area (TPSA) is 90.6 Å². The van der Waals surface area contributed by atoms with Crippen LogP contribution in [0.1, 0.15) is 18.9 Å². The molecule has 1 amide bonds. The number of thioether (sulfide) groups is 1. The summed E-state index contributed by atoms with van der Waals surface area (Å²) >= 11 is 1.29. The van der Waals surface area contributed by atoms with Gasteiger partial charge in [-0.1, -0.05) is 49.0 Å². The molecule has 1 aromatic heterocycles. The van der Waals surface area contributed by atoms with E-state index in [4.69, 9.17) is 9.47 Å². The standard InChI is InChI=1S/C27H27N5O3S/c1-3-17-35-24-13-9-20(10-14-24)18-28-29-25(33)19-36-27-31-30-26(21-7-5-4-6-8-21)32(27)22-11-15-23(34-2)16-12-22/h4-16,18H,3,17,19H2,1-2H3,(H,29,33). The van der Waals surface area contributed by atoms with E-state index in [2.05, 4.69) is 27.6 Å². The van der Waals surface area contributed by atoms with Gasteiger partial charge in [-0.3, -0.25) is 9.36 Å². The average molecular weight is 502 g/mol. The van der Waals surface area contributed by atoms with E-state index in [1.54, 1.807) is 13.3 Å². The molecule has 4 rings (SSSR count). The molecular formula is C27H27N5O3S. The summed E-state index contributed by atoms with van der Waals surface area (Å²) in [7, 11) is 1.63. The van der Waals surface area contributed by atoms with Crippen LogP contribution in [-0.2, 0) is 4.79 Å². The van der Waals surface area contributed by atoms with Gasteiger partial charge in [-0.05, 0) is 60.5 Å². The molecule has 1 N–H and O–H groups in total. The maximum Gasteiger partial charge on any atom is 0.250 e. The SMILES string of the molecule is CCCOc1ccc(C=NNC(=O)CSc2nnc(-c3ccccc3)n2-c2ccc(OC)cc2)cc1. The van der Waals surface area contributed by atoms with Gasteiger partial charge in [0.1, 0.15) is 11.5 Å². The summed E-state index contributed by atoms with van der Waals surface area (Å²) in [5.41, 5.74) is 5.22. The van der Waals surface area contributed by atoms with Crippen LogP contribution in [0.15, 0.2) is 89.1 Å². The quantitative estimate of drug-likeness (QED) is 0.177. The summed E-state index contributed by atoms with van der Waals surface area (Å²) in [4.78, 5) is 12.4. The number of hydrogen-bond acceptors (Lipinski definition) is 7. The number of nitrogens with one attached hydrogen (secondary N) is 1. The predicted octanol–water partition coefficient (Wildman–Crippen LogP) is 4.97. The number of nitrogens with zero attached hydrogens (tertiary/aromatic N) is 4. The molecule has 3 aromatic carbocycles. The van der Waals surface area contributed by atoms with E-state index in [1.165, 1.54) is 11.8 Å². The number of hydrogen-bond donors (Lipinski definition) is 1. The molecule has 0 atom stereocenters. The third-order valence-electron chi connectivity index (χ3n) is 5.08. The molecule has 0 saturated carbocycles. The number of rotatable bonds is 11. The Bertz CT molecular complexity index is 1290. The molecule has 0 fully saturated rings. The normalized spacial score (nSPS) is 10.9. The lowest BCUT2D eigenvalue weighted by molar-refractivity contribution is -0.118. The zero-order chi connectivity index (χ0) is 25.2. The van der Waals surface area contributed by atoms with Crippen molar-refractivity contribution in [1.82, 2.24) is 20.2 Å². The van der Waals surface area contributed by atoms with Gasteiger partial charge >= 0.3 is 0 Å². The maximum absolute atomic E-state index is 12.4. The number of carbonyl (C=O) groups is 1. The van der Waals surface area contributed by atoms with Crippen LogP contribution in [-0.4, -0.2) is 46.4 Å². The lowest BCUT2D eigenvalue weighted by atomic mass is 10.2. The minimum atomic E-state index is -0.246. The summed E-state index contributed by atoms with van der Waals surface area (Å²) in [6, 6.07) is 25.0. The Hall–Kier alpha value is -4.11. The molecule has 1 heterocycles. The second-order valence-corrected chi connectivity index (χ2v) is 8.65. The van der Waals surface area contributed by atoms with E-state index in [9.17, 15) is 4.79 Å². The van der Waals surface area contributed by atoms with Crippen molar-refractivity contribution in [3.63, 3.8) is 0 Å². The van der Waals surface area contributed by atoms with Crippen LogP contribution in [0.5, 0.6) is 11.5 Å². The predicted molar refractivity (Wildman–Crippen MR) is 142 cm³/mol. The molecule has 0 aliphatic carbocycles. The fraction of sp³-hybridized carbons (Fsp3) is 0.185. The molecule has 0 saturated heterocycles. The average Bonchev–Trinajstić information content (AvgIpc) is 3.36. The summed E-state index contributed by atoms with van der Waals surface area (Å²) in [5.74, 6) is 2.13. The minimum absolute atomic E-state index is 0.129. The van der Waals surface area contributed by atoms with Gasteiger partial charge in [0, 0.05) is 11.3 Å². The third kappa shape index (κ3) is 6.51. The number of carbonyl (C=O) groups excluding carboxylic acids is 1. The number of aromatic nitrogens is 3. The Kier molecular flexibility index (Phi) is 8.72. The highest BCUT2D eigenvalue weighted by molar-refractivity contribution is 7.99. The molecule has 0 spiro atoms. The Morgan fingerprint density at radius 1 is 1.00 bits per heavy atom. The molecule has 0 bridgehead atoms. The summed E-state index contributed by atoms with van der Waals surface area (Å²) in [6.45, 7) is 2.74. The molecule has 184 valence electrons. The molecule has 36 heavy (non-hydrogen) atoms. The van der Waals surface area contributed by atoms with Crippen LogP contribution in [0.3, 0.4) is 0 Å². The highest BCUT2D eigenvalue weighted by Crippen LogP contribution is 2.28. The molecule has 0 aliphatic rings. The monoisotopic (exact) mass is 501 g/mol.